The first-order valence-electron chi connectivity index (χ1n) is 9.65. The van der Waals surface area contributed by atoms with Gasteiger partial charge in [-0.25, -0.2) is 0 Å². The maximum absolute atomic E-state index is 10.8. The Morgan fingerprint density at radius 1 is 1.08 bits per heavy atom. The van der Waals surface area contributed by atoms with E-state index in [0.717, 1.165) is 31.4 Å². The minimum Gasteiger partial charge on any atom is -0.497 e. The third-order valence-corrected chi connectivity index (χ3v) is 7.54. The standard InChI is InChI=1S/C21H30O4/c1-21-8-7-15-14-6-4-13(25-2)9-12(14)3-5-16(15)17(21)10-18(22)19(23)11-20(21)24/h4,6,9,15-20,22-24H,3,5,7-8,10-11H2,1-2H3/t15-,16-,17+,18-,19+,20-,21+/m1/s1. The predicted octanol–water partition coefficient (Wildman–Crippen LogP) is 2.63. The van der Waals surface area contributed by atoms with Gasteiger partial charge in [0.25, 0.3) is 0 Å². The number of ether oxygens (including phenoxy) is 1. The molecule has 0 saturated heterocycles. The Kier molecular flexibility index (Phi) is 4.33. The number of fused-ring (bicyclic) bond motifs is 5. The van der Waals surface area contributed by atoms with E-state index in [1.807, 2.05) is 0 Å². The van der Waals surface area contributed by atoms with Gasteiger partial charge in [-0.3, -0.25) is 0 Å². The first-order chi connectivity index (χ1) is 11.9. The average Bonchev–Trinajstić information content (AvgIpc) is 2.70. The Morgan fingerprint density at radius 3 is 2.60 bits per heavy atom. The highest BCUT2D eigenvalue weighted by Gasteiger charge is 2.54. The van der Waals surface area contributed by atoms with Gasteiger partial charge in [-0.05, 0) is 78.5 Å². The minimum absolute atomic E-state index is 0.205. The molecule has 0 amide bonds. The smallest absolute Gasteiger partial charge is 0.119 e. The van der Waals surface area contributed by atoms with Gasteiger partial charge in [0.2, 0.25) is 0 Å². The zero-order chi connectivity index (χ0) is 17.8. The molecule has 0 heterocycles. The van der Waals surface area contributed by atoms with Crippen molar-refractivity contribution in [2.45, 2.75) is 69.7 Å². The monoisotopic (exact) mass is 346 g/mol. The van der Waals surface area contributed by atoms with E-state index in [1.54, 1.807) is 7.11 Å². The zero-order valence-corrected chi connectivity index (χ0v) is 15.2. The lowest BCUT2D eigenvalue weighted by Gasteiger charge is -2.53. The Morgan fingerprint density at radius 2 is 1.84 bits per heavy atom. The van der Waals surface area contributed by atoms with E-state index in [4.69, 9.17) is 4.74 Å². The molecule has 7 atom stereocenters. The quantitative estimate of drug-likeness (QED) is 0.731. The van der Waals surface area contributed by atoms with Crippen LogP contribution in [0.2, 0.25) is 0 Å². The Bertz CT molecular complexity index is 645. The number of benzene rings is 1. The Labute approximate surface area is 149 Å². The molecule has 2 fully saturated rings. The third-order valence-electron chi connectivity index (χ3n) is 7.54. The average molecular weight is 346 g/mol. The molecule has 25 heavy (non-hydrogen) atoms. The number of rotatable bonds is 1. The summed E-state index contributed by atoms with van der Waals surface area (Å²) in [6.45, 7) is 2.17. The highest BCUT2D eigenvalue weighted by atomic mass is 16.5. The number of aryl methyl sites for hydroxylation is 1. The van der Waals surface area contributed by atoms with Gasteiger partial charge in [0.05, 0.1) is 25.4 Å². The van der Waals surface area contributed by atoms with Gasteiger partial charge < -0.3 is 20.1 Å². The Hall–Kier alpha value is -1.10. The van der Waals surface area contributed by atoms with Gasteiger partial charge >= 0.3 is 0 Å². The fourth-order valence-electron chi connectivity index (χ4n) is 5.96. The van der Waals surface area contributed by atoms with E-state index in [0.29, 0.717) is 24.7 Å². The van der Waals surface area contributed by atoms with Gasteiger partial charge in [0.1, 0.15) is 5.75 Å². The second-order valence-corrected chi connectivity index (χ2v) is 8.65. The molecule has 1 aromatic carbocycles. The number of hydrogen-bond acceptors (Lipinski definition) is 4. The molecule has 4 heteroatoms. The minimum atomic E-state index is -0.809. The molecule has 2 saturated carbocycles. The summed E-state index contributed by atoms with van der Waals surface area (Å²) >= 11 is 0. The van der Waals surface area contributed by atoms with Crippen molar-refractivity contribution in [3.8, 4) is 5.75 Å². The molecular formula is C21H30O4. The molecule has 0 aromatic heterocycles. The van der Waals surface area contributed by atoms with Gasteiger partial charge in [0.15, 0.2) is 0 Å². The van der Waals surface area contributed by atoms with Crippen LogP contribution in [-0.4, -0.2) is 40.7 Å². The second-order valence-electron chi connectivity index (χ2n) is 8.65. The second kappa shape index (κ2) is 6.26. The first kappa shape index (κ1) is 17.3. The van der Waals surface area contributed by atoms with E-state index in [-0.39, 0.29) is 11.3 Å². The van der Waals surface area contributed by atoms with Gasteiger partial charge in [-0.1, -0.05) is 13.0 Å². The molecule has 3 aliphatic rings. The van der Waals surface area contributed by atoms with Crippen LogP contribution in [0.5, 0.6) is 5.75 Å². The van der Waals surface area contributed by atoms with Crippen LogP contribution >= 0.6 is 0 Å². The molecule has 3 aliphatic carbocycles. The normalized spacial score (nSPS) is 43.4. The van der Waals surface area contributed by atoms with Crippen LogP contribution in [0, 0.1) is 17.3 Å². The van der Waals surface area contributed by atoms with Gasteiger partial charge in [0, 0.05) is 6.42 Å². The van der Waals surface area contributed by atoms with Crippen molar-refractivity contribution in [2.75, 3.05) is 7.11 Å². The summed E-state index contributed by atoms with van der Waals surface area (Å²) < 4.78 is 5.38. The van der Waals surface area contributed by atoms with Crippen molar-refractivity contribution in [1.29, 1.82) is 0 Å². The van der Waals surface area contributed by atoms with Crippen LogP contribution in [0.25, 0.3) is 0 Å². The van der Waals surface area contributed by atoms with E-state index in [2.05, 4.69) is 25.1 Å². The number of aliphatic hydroxyl groups is 3. The topological polar surface area (TPSA) is 69.9 Å². The van der Waals surface area contributed by atoms with Crippen molar-refractivity contribution < 1.29 is 20.1 Å². The fourth-order valence-corrected chi connectivity index (χ4v) is 5.96. The zero-order valence-electron chi connectivity index (χ0n) is 15.2. The molecule has 4 nitrogen and oxygen atoms in total. The fraction of sp³-hybridized carbons (Fsp3) is 0.714. The van der Waals surface area contributed by atoms with E-state index in [1.165, 1.54) is 11.1 Å². The SMILES string of the molecule is COc1ccc2c(c1)CC[C@@H]1[C@@H]2CC[C@]2(C)[C@H](O)C[C@H](O)[C@H](O)C[C@@H]12. The van der Waals surface area contributed by atoms with Crippen molar-refractivity contribution in [3.05, 3.63) is 29.3 Å². The largest absolute Gasteiger partial charge is 0.497 e. The lowest BCUT2D eigenvalue weighted by atomic mass is 9.52. The molecule has 138 valence electrons. The number of aliphatic hydroxyl groups excluding tert-OH is 3. The summed E-state index contributed by atoms with van der Waals surface area (Å²) in [7, 11) is 1.71. The summed E-state index contributed by atoms with van der Waals surface area (Å²) in [5.41, 5.74) is 2.61. The van der Waals surface area contributed by atoms with E-state index < -0.39 is 18.3 Å². The van der Waals surface area contributed by atoms with Crippen LogP contribution in [-0.2, 0) is 6.42 Å². The summed E-state index contributed by atoms with van der Waals surface area (Å²) in [5.74, 6) is 2.13. The first-order valence-corrected chi connectivity index (χ1v) is 9.65. The van der Waals surface area contributed by atoms with Crippen molar-refractivity contribution in [3.63, 3.8) is 0 Å². The number of methoxy groups -OCH3 is 1. The molecule has 0 unspecified atom stereocenters. The third kappa shape index (κ3) is 2.70. The van der Waals surface area contributed by atoms with E-state index >= 15 is 0 Å². The van der Waals surface area contributed by atoms with Gasteiger partial charge in [-0.15, -0.1) is 0 Å². The van der Waals surface area contributed by atoms with Crippen LogP contribution < -0.4 is 4.74 Å². The van der Waals surface area contributed by atoms with Crippen molar-refractivity contribution >= 4 is 0 Å². The molecule has 0 bridgehead atoms. The van der Waals surface area contributed by atoms with Crippen LogP contribution in [0.4, 0.5) is 0 Å². The predicted molar refractivity (Wildman–Crippen MR) is 95.6 cm³/mol. The summed E-state index contributed by atoms with van der Waals surface area (Å²) in [6.07, 6.45) is 2.94. The Balaban J connectivity index is 1.69. The number of hydrogen-bond donors (Lipinski definition) is 3. The highest BCUT2D eigenvalue weighted by molar-refractivity contribution is 5.40. The van der Waals surface area contributed by atoms with E-state index in [9.17, 15) is 15.3 Å². The lowest BCUT2D eigenvalue weighted by Crippen LogP contribution is -2.48. The maximum Gasteiger partial charge on any atom is 0.119 e. The van der Waals surface area contributed by atoms with Crippen molar-refractivity contribution in [2.24, 2.45) is 17.3 Å². The molecule has 4 rings (SSSR count). The van der Waals surface area contributed by atoms with Gasteiger partial charge in [-0.2, -0.15) is 0 Å². The maximum atomic E-state index is 10.8. The molecular weight excluding hydrogens is 316 g/mol. The summed E-state index contributed by atoms with van der Waals surface area (Å²) in [5, 5.41) is 31.4. The molecule has 3 N–H and O–H groups in total. The van der Waals surface area contributed by atoms with Crippen molar-refractivity contribution in [1.82, 2.24) is 0 Å². The molecule has 0 aliphatic heterocycles. The van der Waals surface area contributed by atoms with Crippen LogP contribution in [0.1, 0.15) is 56.1 Å². The van der Waals surface area contributed by atoms with Crippen LogP contribution in [0.3, 0.4) is 0 Å². The molecule has 1 aromatic rings. The molecule has 0 radical (unpaired) electrons. The highest BCUT2D eigenvalue weighted by Crippen LogP contribution is 2.58. The molecule has 0 spiro atoms. The summed E-state index contributed by atoms with van der Waals surface area (Å²) in [6, 6.07) is 6.43. The lowest BCUT2D eigenvalue weighted by molar-refractivity contribution is -0.0702. The summed E-state index contributed by atoms with van der Waals surface area (Å²) in [4.78, 5) is 0. The van der Waals surface area contributed by atoms with Crippen LogP contribution in [0.15, 0.2) is 18.2 Å².